The number of likely N-dealkylation sites (tertiary alicyclic amines) is 1. The Labute approximate surface area is 383 Å². The van der Waals surface area contributed by atoms with Crippen molar-refractivity contribution in [2.45, 2.75) is 129 Å². The molecular weight excluding hydrogens is 837 g/mol. The van der Waals surface area contributed by atoms with Crippen molar-refractivity contribution in [3.63, 3.8) is 0 Å². The van der Waals surface area contributed by atoms with Crippen LogP contribution in [-0.4, -0.2) is 150 Å². The molecule has 1 fully saturated rings. The Kier molecular flexibility index (Phi) is 20.0. The molecule has 2 heterocycles. The lowest BCUT2D eigenvalue weighted by Gasteiger charge is -2.41. The average molecular weight is 909 g/mol. The normalized spacial score (nSPS) is 18.8. The molecule has 0 unspecified atom stereocenters. The number of nitrogens with one attached hydrogen (secondary N) is 3. The molecule has 360 valence electrons. The molecule has 0 spiro atoms. The highest BCUT2D eigenvalue weighted by Crippen LogP contribution is 2.30. The van der Waals surface area contributed by atoms with Crippen LogP contribution in [0.2, 0.25) is 0 Å². The number of ether oxygens (including phenoxy) is 2. The van der Waals surface area contributed by atoms with Crippen molar-refractivity contribution < 1.29 is 53.3 Å². The van der Waals surface area contributed by atoms with Crippen LogP contribution in [0.5, 0.6) is 0 Å². The largest absolute Gasteiger partial charge is 0.379 e. The molecule has 9 atom stereocenters. The van der Waals surface area contributed by atoms with Crippen LogP contribution in [0.25, 0.3) is 0 Å². The van der Waals surface area contributed by atoms with Gasteiger partial charge in [-0.2, -0.15) is 0 Å². The van der Waals surface area contributed by atoms with Gasteiger partial charge in [0, 0.05) is 34.4 Å². The minimum atomic E-state index is -1.80. The number of amides is 6. The molecule has 2 aliphatic heterocycles. The minimum Gasteiger partial charge on any atom is -0.379 e. The van der Waals surface area contributed by atoms with E-state index in [4.69, 9.17) is 14.3 Å². The van der Waals surface area contributed by atoms with E-state index in [1.165, 1.54) is 14.2 Å². The zero-order valence-electron chi connectivity index (χ0n) is 39.7. The quantitative estimate of drug-likeness (QED) is 0.0553. The van der Waals surface area contributed by atoms with Crippen molar-refractivity contribution >= 4 is 35.4 Å². The number of methoxy groups -OCH3 is 2. The third-order valence-corrected chi connectivity index (χ3v) is 12.9. The van der Waals surface area contributed by atoms with Gasteiger partial charge in [-0.25, -0.2) is 0 Å². The van der Waals surface area contributed by atoms with Crippen molar-refractivity contribution in [1.29, 1.82) is 0 Å². The van der Waals surface area contributed by atoms with Gasteiger partial charge in [0.25, 0.3) is 11.8 Å². The van der Waals surface area contributed by atoms with Crippen molar-refractivity contribution in [1.82, 2.24) is 30.8 Å². The number of rotatable bonds is 25. The molecule has 0 saturated carbocycles. The molecule has 2 aliphatic rings. The molecule has 0 radical (unpaired) electrons. The van der Waals surface area contributed by atoms with Gasteiger partial charge < -0.3 is 45.4 Å². The maximum absolute atomic E-state index is 14.5. The van der Waals surface area contributed by atoms with Crippen LogP contribution >= 0.6 is 0 Å². The van der Waals surface area contributed by atoms with Gasteiger partial charge in [-0.1, -0.05) is 97.4 Å². The van der Waals surface area contributed by atoms with Gasteiger partial charge in [-0.3, -0.25) is 33.6 Å². The van der Waals surface area contributed by atoms with Crippen LogP contribution in [-0.2, 0) is 39.9 Å². The third-order valence-electron chi connectivity index (χ3n) is 12.9. The predicted molar refractivity (Wildman–Crippen MR) is 243 cm³/mol. The molecule has 5 N–H and O–H groups in total. The van der Waals surface area contributed by atoms with E-state index in [0.29, 0.717) is 25.8 Å². The monoisotopic (exact) mass is 909 g/mol. The molecule has 2 aromatic rings. The second-order valence-corrected chi connectivity index (χ2v) is 18.0. The minimum absolute atomic E-state index is 0.0622. The van der Waals surface area contributed by atoms with Gasteiger partial charge in [-0.05, 0) is 54.7 Å². The number of aliphatic hydroxyl groups is 2. The number of fused-ring (bicyclic) bond motifs is 1. The first-order chi connectivity index (χ1) is 30.9. The van der Waals surface area contributed by atoms with E-state index in [1.54, 1.807) is 48.0 Å². The zero-order valence-corrected chi connectivity index (χ0v) is 39.7. The molecule has 17 heteroatoms. The number of carbonyl (C=O) groups is 6. The average Bonchev–Trinajstić information content (AvgIpc) is 3.86. The summed E-state index contributed by atoms with van der Waals surface area (Å²) in [7, 11) is 4.67. The number of benzene rings is 2. The second kappa shape index (κ2) is 24.7. The number of aliphatic hydroxyl groups excluding tert-OH is 1. The number of imide groups is 1. The molecule has 0 aliphatic carbocycles. The Bertz CT molecular complexity index is 1880. The summed E-state index contributed by atoms with van der Waals surface area (Å²) in [6.45, 7) is 13.6. The smallest absolute Gasteiger partial charge is 0.285 e. The fraction of sp³-hybridized carbons (Fsp3) is 0.625. The first-order valence-electron chi connectivity index (χ1n) is 22.8. The van der Waals surface area contributed by atoms with Gasteiger partial charge >= 0.3 is 0 Å². The van der Waals surface area contributed by atoms with Crippen LogP contribution in [0.4, 0.5) is 0 Å². The lowest BCUT2D eigenvalue weighted by molar-refractivity contribution is -0.148. The van der Waals surface area contributed by atoms with Crippen molar-refractivity contribution in [3.8, 4) is 0 Å². The summed E-state index contributed by atoms with van der Waals surface area (Å²) in [5, 5.41) is 29.9. The maximum Gasteiger partial charge on any atom is 0.285 e. The molecule has 4 rings (SSSR count). The van der Waals surface area contributed by atoms with E-state index in [-0.39, 0.29) is 66.7 Å². The lowest BCUT2D eigenvalue weighted by atomic mass is 9.89. The SMILES string of the molecule is CC[C@H](C)[C@@H]([C@@H](CC(=O)N1CCC[C@H]1[C@H](OC)[C@@H](C)C(=O)N[C@@H](Cc1ccccc1)C(O)O)OC)N(C)C(=O)[C@@H](NC(=O)[C@@H](NCCON1C(=O)c2ccccc2C1=O)C(C)C)C(C)C. The molecule has 1 saturated heterocycles. The molecule has 65 heavy (non-hydrogen) atoms. The molecular formula is C48H72N6O11. The van der Waals surface area contributed by atoms with Crippen molar-refractivity contribution in [2.75, 3.05) is 41.0 Å². The standard InChI is InChI=1S/C48H72N6O11/c1-11-30(6)41(37(63-9)27-38(55)53-24-17-22-36(53)42(64-10)31(7)43(56)50-35(48(61)62)26-32-18-13-12-14-19-32)52(8)47(60)40(29(4)5)51-44(57)39(28(2)3)49-23-25-65-54-45(58)33-20-15-16-21-34(33)46(54)59/h12-16,18-21,28-31,35-37,39-42,48-49,61-62H,11,17,22-27H2,1-10H3,(H,50,56)(H,51,57)/t30-,31+,35-,36-,37+,39-,40-,41-,42+/m0/s1. The topological polar surface area (TPSA) is 216 Å². The molecule has 2 aromatic carbocycles. The van der Waals surface area contributed by atoms with Gasteiger partial charge in [-0.15, -0.1) is 5.06 Å². The molecule has 0 bridgehead atoms. The van der Waals surface area contributed by atoms with Crippen LogP contribution in [0.3, 0.4) is 0 Å². The zero-order chi connectivity index (χ0) is 48.1. The van der Waals surface area contributed by atoms with Gasteiger partial charge in [0.15, 0.2) is 6.29 Å². The van der Waals surface area contributed by atoms with E-state index in [9.17, 15) is 39.0 Å². The predicted octanol–water partition coefficient (Wildman–Crippen LogP) is 2.93. The van der Waals surface area contributed by atoms with Crippen molar-refractivity contribution in [3.05, 3.63) is 71.3 Å². The summed E-state index contributed by atoms with van der Waals surface area (Å²) in [4.78, 5) is 90.6. The van der Waals surface area contributed by atoms with E-state index >= 15 is 0 Å². The number of hydrogen-bond donors (Lipinski definition) is 5. The highest BCUT2D eigenvalue weighted by molar-refractivity contribution is 6.20. The Morgan fingerprint density at radius 2 is 1.43 bits per heavy atom. The Morgan fingerprint density at radius 3 is 1.97 bits per heavy atom. The highest BCUT2D eigenvalue weighted by Gasteiger charge is 2.44. The van der Waals surface area contributed by atoms with E-state index in [2.05, 4.69) is 16.0 Å². The summed E-state index contributed by atoms with van der Waals surface area (Å²) in [6, 6.07) is 12.0. The van der Waals surface area contributed by atoms with Crippen LogP contribution < -0.4 is 16.0 Å². The number of nitrogens with zero attached hydrogens (tertiary/aromatic N) is 3. The number of likely N-dealkylation sites (N-methyl/N-ethyl adjacent to an activating group) is 1. The summed E-state index contributed by atoms with van der Waals surface area (Å²) >= 11 is 0. The Morgan fingerprint density at radius 1 is 0.831 bits per heavy atom. The number of hydrogen-bond acceptors (Lipinski definition) is 12. The first kappa shape index (κ1) is 52.8. The first-order valence-corrected chi connectivity index (χ1v) is 22.8. The van der Waals surface area contributed by atoms with Gasteiger partial charge in [0.1, 0.15) is 6.04 Å². The third kappa shape index (κ3) is 13.2. The summed E-state index contributed by atoms with van der Waals surface area (Å²) < 4.78 is 11.9. The Balaban J connectivity index is 1.41. The summed E-state index contributed by atoms with van der Waals surface area (Å²) in [6.07, 6.45) is -1.15. The van der Waals surface area contributed by atoms with E-state index in [1.807, 2.05) is 71.9 Å². The Hall–Kier alpha value is -4.78. The molecule has 17 nitrogen and oxygen atoms in total. The number of carbonyl (C=O) groups excluding carboxylic acids is 6. The van der Waals surface area contributed by atoms with Crippen LogP contribution in [0.15, 0.2) is 54.6 Å². The second-order valence-electron chi connectivity index (χ2n) is 18.0. The maximum atomic E-state index is 14.5. The highest BCUT2D eigenvalue weighted by atomic mass is 16.7. The van der Waals surface area contributed by atoms with Crippen molar-refractivity contribution in [2.24, 2.45) is 23.7 Å². The molecule has 6 amide bonds. The fourth-order valence-electron chi connectivity index (χ4n) is 8.96. The molecule has 0 aromatic heterocycles. The fourth-order valence-corrected chi connectivity index (χ4v) is 8.96. The summed E-state index contributed by atoms with van der Waals surface area (Å²) in [5.74, 6) is -3.91. The summed E-state index contributed by atoms with van der Waals surface area (Å²) in [5.41, 5.74) is 1.35. The van der Waals surface area contributed by atoms with E-state index < -0.39 is 78.3 Å². The van der Waals surface area contributed by atoms with Crippen LogP contribution in [0.1, 0.15) is 100 Å². The lowest BCUT2D eigenvalue weighted by Crippen LogP contribution is -2.60. The van der Waals surface area contributed by atoms with Crippen LogP contribution in [0, 0.1) is 23.7 Å². The van der Waals surface area contributed by atoms with Gasteiger partial charge in [0.05, 0.1) is 66.4 Å². The number of hydroxylamine groups is 2. The van der Waals surface area contributed by atoms with E-state index in [0.717, 1.165) is 10.6 Å². The van der Waals surface area contributed by atoms with Gasteiger partial charge in [0.2, 0.25) is 23.6 Å².